The van der Waals surface area contributed by atoms with Crippen LogP contribution in [0.4, 0.5) is 0 Å². The number of amides is 1. The van der Waals surface area contributed by atoms with Gasteiger partial charge in [0, 0.05) is 48.8 Å². The van der Waals surface area contributed by atoms with Gasteiger partial charge in [-0.1, -0.05) is 67.9 Å². The third kappa shape index (κ3) is 6.45. The molecule has 1 aromatic rings. The van der Waals surface area contributed by atoms with Gasteiger partial charge in [0.2, 0.25) is 0 Å². The number of ketones is 1. The fourth-order valence-corrected chi connectivity index (χ4v) is 14.9. The summed E-state index contributed by atoms with van der Waals surface area (Å²) in [5.74, 6) is 0.175. The van der Waals surface area contributed by atoms with E-state index < -0.39 is 22.8 Å². The van der Waals surface area contributed by atoms with E-state index in [-0.39, 0.29) is 56.9 Å². The molecule has 6 aliphatic rings. The number of nitrogens with zero attached hydrogens (tertiary/aromatic N) is 2. The Bertz CT molecular complexity index is 1870. The molecule has 0 radical (unpaired) electrons. The number of carbonyl (C=O) groups excluding carboxylic acids is 3. The van der Waals surface area contributed by atoms with Gasteiger partial charge in [-0.05, 0) is 136 Å². The number of ether oxygens (including phenoxy) is 1. The molecule has 1 amide bonds. The lowest BCUT2D eigenvalue weighted by atomic mass is 9.33. The van der Waals surface area contributed by atoms with E-state index in [0.717, 1.165) is 69.9 Å². The zero-order valence-electron chi connectivity index (χ0n) is 37.8. The first-order valence-corrected chi connectivity index (χ1v) is 22.6. The van der Waals surface area contributed by atoms with Crippen molar-refractivity contribution in [3.8, 4) is 0 Å². The van der Waals surface area contributed by atoms with Crippen LogP contribution in [0.2, 0.25) is 0 Å². The van der Waals surface area contributed by atoms with E-state index in [1.807, 2.05) is 34.7 Å². The molecule has 5 saturated carbocycles. The maximum atomic E-state index is 14.2. The van der Waals surface area contributed by atoms with Crippen LogP contribution in [0.3, 0.4) is 0 Å². The van der Waals surface area contributed by atoms with Gasteiger partial charge in [0.25, 0.3) is 5.91 Å². The summed E-state index contributed by atoms with van der Waals surface area (Å²) in [6.45, 7) is 26.1. The third-order valence-corrected chi connectivity index (χ3v) is 18.4. The predicted octanol–water partition coefficient (Wildman–Crippen LogP) is 8.55. The first kappa shape index (κ1) is 43.1. The second kappa shape index (κ2) is 14.3. The van der Waals surface area contributed by atoms with Crippen LogP contribution in [0.25, 0.3) is 0 Å². The number of carbonyl (C=O) groups is 4. The lowest BCUT2D eigenvalue weighted by Gasteiger charge is -2.72. The number of rotatable bonds is 11. The molecule has 1 aromatic heterocycles. The highest BCUT2D eigenvalue weighted by atomic mass is 16.5. The van der Waals surface area contributed by atoms with E-state index in [1.165, 1.54) is 5.57 Å². The van der Waals surface area contributed by atoms with Gasteiger partial charge >= 0.3 is 11.9 Å². The highest BCUT2D eigenvalue weighted by molar-refractivity contribution is 6.00. The first-order chi connectivity index (χ1) is 26.9. The zero-order chi connectivity index (χ0) is 42.6. The summed E-state index contributed by atoms with van der Waals surface area (Å²) in [4.78, 5) is 56.8. The lowest BCUT2D eigenvalue weighted by molar-refractivity contribution is -0.236. The van der Waals surface area contributed by atoms with Gasteiger partial charge in [-0.15, -0.1) is 0 Å². The molecule has 0 bridgehead atoms. The SMILES string of the molecule is CC(C)C1=C2[C@H]3CC[C@@H]4[C@@]5(C)CC[C@H](OC(=O)[C@H]6C[C@@H](C(=O)O)C6(C)C)C(C)(C)[C@@H]5CC[C@@]4(C)[C@]3(C)CC[C@@]2(CCNCC(C)(C)NC(=O)c2nccn2C)CC1=O. The van der Waals surface area contributed by atoms with Crippen molar-refractivity contribution < 1.29 is 29.0 Å². The van der Waals surface area contributed by atoms with Gasteiger partial charge in [-0.25, -0.2) is 4.98 Å². The Hall–Kier alpha value is -3.01. The Morgan fingerprint density at radius 3 is 2.26 bits per heavy atom. The Kier molecular flexibility index (Phi) is 10.6. The van der Waals surface area contributed by atoms with Gasteiger partial charge in [-0.3, -0.25) is 19.2 Å². The van der Waals surface area contributed by atoms with Gasteiger partial charge in [-0.2, -0.15) is 0 Å². The quantitative estimate of drug-likeness (QED) is 0.150. The highest BCUT2D eigenvalue weighted by Gasteiger charge is 2.70. The molecule has 6 aliphatic carbocycles. The van der Waals surface area contributed by atoms with Crippen LogP contribution in [0.1, 0.15) is 157 Å². The number of allylic oxidation sites excluding steroid dienone is 2. The average Bonchev–Trinajstić information content (AvgIpc) is 3.67. The number of imidazole rings is 1. The van der Waals surface area contributed by atoms with Crippen molar-refractivity contribution in [2.45, 2.75) is 158 Å². The van der Waals surface area contributed by atoms with Gasteiger partial charge in [0.05, 0.1) is 11.8 Å². The fourth-order valence-electron chi connectivity index (χ4n) is 14.9. The van der Waals surface area contributed by atoms with Crippen molar-refractivity contribution in [3.63, 3.8) is 0 Å². The second-order valence-electron chi connectivity index (χ2n) is 22.9. The topological polar surface area (TPSA) is 140 Å². The van der Waals surface area contributed by atoms with Crippen LogP contribution >= 0.6 is 0 Å². The molecule has 10 atom stereocenters. The Balaban J connectivity index is 1.07. The molecule has 7 rings (SSSR count). The first-order valence-electron chi connectivity index (χ1n) is 22.6. The van der Waals surface area contributed by atoms with E-state index in [2.05, 4.69) is 64.1 Å². The monoisotopic (exact) mass is 803 g/mol. The number of aryl methyl sites for hydroxylation is 1. The van der Waals surface area contributed by atoms with E-state index in [0.29, 0.717) is 48.7 Å². The number of carboxylic acid groups (broad SMARTS) is 1. The lowest BCUT2D eigenvalue weighted by Crippen LogP contribution is -2.66. The smallest absolute Gasteiger partial charge is 0.309 e. The standard InChI is InChI=1S/C48H74N4O6/c1-28(2)36-32(53)26-48(21-22-49-27-42(3,4)51-39(54)38-50-23-24-52(38)12)20-19-46(10)29(37(36)48)13-14-34-45(9)17-16-35(44(7,8)33(45)15-18-47(34,46)11)58-41(57)31-25-30(40(55)56)43(31,5)6/h23-24,28-31,33-35,49H,13-22,25-27H2,1-12H3,(H,51,54)(H,55,56)/t29-,30+,31-,33+,34-,35+,45+,46-,47-,48-/m1/s1. The van der Waals surface area contributed by atoms with Crippen LogP contribution in [0.15, 0.2) is 23.5 Å². The van der Waals surface area contributed by atoms with E-state index >= 15 is 0 Å². The van der Waals surface area contributed by atoms with Crippen molar-refractivity contribution >= 4 is 23.6 Å². The maximum Gasteiger partial charge on any atom is 0.309 e. The molecule has 0 unspecified atom stereocenters. The second-order valence-corrected chi connectivity index (χ2v) is 22.9. The molecule has 0 aliphatic heterocycles. The number of Topliss-reactive ketones (excluding diaryl/α,β-unsaturated/α-hetero) is 1. The predicted molar refractivity (Wildman–Crippen MR) is 225 cm³/mol. The van der Waals surface area contributed by atoms with Gasteiger partial charge < -0.3 is 25.0 Å². The fraction of sp³-hybridized carbons (Fsp3) is 0.812. The summed E-state index contributed by atoms with van der Waals surface area (Å²) in [5.41, 5.74) is 1.51. The maximum absolute atomic E-state index is 14.2. The van der Waals surface area contributed by atoms with Crippen molar-refractivity contribution in [2.24, 2.45) is 75.0 Å². The molecule has 0 aromatic carbocycles. The summed E-state index contributed by atoms with van der Waals surface area (Å²) in [7, 11) is 1.82. The highest BCUT2D eigenvalue weighted by Crippen LogP contribution is 2.77. The molecule has 1 heterocycles. The molecule has 0 saturated heterocycles. The summed E-state index contributed by atoms with van der Waals surface area (Å²) in [5, 5.41) is 16.5. The van der Waals surface area contributed by atoms with Gasteiger partial charge in [0.1, 0.15) is 6.10 Å². The number of hydrogen-bond donors (Lipinski definition) is 3. The largest absolute Gasteiger partial charge is 0.481 e. The Labute approximate surface area is 347 Å². The Morgan fingerprint density at radius 1 is 0.931 bits per heavy atom. The number of nitrogens with one attached hydrogen (secondary N) is 2. The number of esters is 1. The molecular weight excluding hydrogens is 729 g/mol. The number of aliphatic carboxylic acids is 1. The minimum absolute atomic E-state index is 0.0715. The van der Waals surface area contributed by atoms with E-state index in [9.17, 15) is 24.3 Å². The number of aromatic nitrogens is 2. The molecule has 10 nitrogen and oxygen atoms in total. The van der Waals surface area contributed by atoms with Crippen LogP contribution in [0.5, 0.6) is 0 Å². The summed E-state index contributed by atoms with van der Waals surface area (Å²) in [6, 6.07) is 0. The number of hydrogen-bond acceptors (Lipinski definition) is 7. The summed E-state index contributed by atoms with van der Waals surface area (Å²) < 4.78 is 8.17. The molecule has 58 heavy (non-hydrogen) atoms. The van der Waals surface area contributed by atoms with Gasteiger partial charge in [0.15, 0.2) is 11.6 Å². The third-order valence-electron chi connectivity index (χ3n) is 18.4. The normalized spacial score (nSPS) is 38.9. The summed E-state index contributed by atoms with van der Waals surface area (Å²) in [6.07, 6.45) is 13.6. The van der Waals surface area contributed by atoms with E-state index in [4.69, 9.17) is 4.74 Å². The van der Waals surface area contributed by atoms with Crippen molar-refractivity contribution in [1.29, 1.82) is 0 Å². The van der Waals surface area contributed by atoms with Crippen LogP contribution in [-0.2, 0) is 26.2 Å². The van der Waals surface area contributed by atoms with Crippen LogP contribution in [-0.4, -0.2) is 63.0 Å². The van der Waals surface area contributed by atoms with Crippen molar-refractivity contribution in [3.05, 3.63) is 29.4 Å². The molecule has 0 spiro atoms. The molecule has 5 fully saturated rings. The molecule has 3 N–H and O–H groups in total. The minimum Gasteiger partial charge on any atom is -0.481 e. The van der Waals surface area contributed by atoms with Crippen molar-refractivity contribution in [1.82, 2.24) is 20.2 Å². The number of carboxylic acids is 1. The zero-order valence-corrected chi connectivity index (χ0v) is 37.8. The molecule has 322 valence electrons. The Morgan fingerprint density at radius 2 is 1.64 bits per heavy atom. The average molecular weight is 803 g/mol. The minimum atomic E-state index is -0.825. The molecule has 10 heteroatoms. The number of fused-ring (bicyclic) bond motifs is 7. The van der Waals surface area contributed by atoms with E-state index in [1.54, 1.807) is 17.0 Å². The van der Waals surface area contributed by atoms with Crippen LogP contribution < -0.4 is 10.6 Å². The summed E-state index contributed by atoms with van der Waals surface area (Å²) >= 11 is 0. The van der Waals surface area contributed by atoms with Crippen molar-refractivity contribution in [2.75, 3.05) is 13.1 Å². The van der Waals surface area contributed by atoms with Crippen LogP contribution in [0, 0.1) is 68.0 Å². The molecular formula is C48H74N4O6.